The molecule has 1 unspecified atom stereocenters. The topological polar surface area (TPSA) is 84.2 Å². The van der Waals surface area contributed by atoms with Gasteiger partial charge in [-0.05, 0) is 37.8 Å². The summed E-state index contributed by atoms with van der Waals surface area (Å²) in [6, 6.07) is 7.95. The van der Waals surface area contributed by atoms with Crippen LogP contribution < -0.4 is 5.32 Å². The van der Waals surface area contributed by atoms with Gasteiger partial charge in [-0.15, -0.1) is 0 Å². The van der Waals surface area contributed by atoms with Crippen molar-refractivity contribution >= 4 is 11.9 Å². The van der Waals surface area contributed by atoms with Crippen molar-refractivity contribution < 1.29 is 14.7 Å². The zero-order chi connectivity index (χ0) is 17.3. The molecule has 2 aromatic rings. The highest BCUT2D eigenvalue weighted by molar-refractivity contribution is 5.94. The molecule has 6 nitrogen and oxygen atoms in total. The lowest BCUT2D eigenvalue weighted by Crippen LogP contribution is -2.32. The molecular weight excluding hydrogens is 306 g/mol. The Morgan fingerprint density at radius 2 is 2.08 bits per heavy atom. The fourth-order valence-electron chi connectivity index (χ4n) is 3.04. The molecule has 3 rings (SSSR count). The van der Waals surface area contributed by atoms with Crippen molar-refractivity contribution in [1.82, 2.24) is 15.1 Å². The van der Waals surface area contributed by atoms with Crippen LogP contribution in [0.25, 0.3) is 5.69 Å². The standard InChI is InChI=1S/C18H21N3O3/c1-11-6-3-4-8-14(11)21-15-9-5-7-13(15)16(20-21)17(22)19-10-12(2)18(23)24/h3-4,6,8,12H,5,7,9-10H2,1-2H3,(H,19,22)(H,23,24). The van der Waals surface area contributed by atoms with E-state index < -0.39 is 11.9 Å². The lowest BCUT2D eigenvalue weighted by molar-refractivity contribution is -0.140. The zero-order valence-corrected chi connectivity index (χ0v) is 13.9. The average Bonchev–Trinajstić information content (AvgIpc) is 3.15. The van der Waals surface area contributed by atoms with E-state index in [9.17, 15) is 9.59 Å². The summed E-state index contributed by atoms with van der Waals surface area (Å²) in [6.07, 6.45) is 2.73. The van der Waals surface area contributed by atoms with Crippen LogP contribution in [0, 0.1) is 12.8 Å². The number of para-hydroxylation sites is 1. The van der Waals surface area contributed by atoms with Gasteiger partial charge in [0.15, 0.2) is 5.69 Å². The van der Waals surface area contributed by atoms with Crippen LogP contribution in [0.3, 0.4) is 0 Å². The second-order valence-corrected chi connectivity index (χ2v) is 6.28. The third-order valence-electron chi connectivity index (χ3n) is 4.48. The van der Waals surface area contributed by atoms with Gasteiger partial charge < -0.3 is 10.4 Å². The van der Waals surface area contributed by atoms with Gasteiger partial charge in [-0.2, -0.15) is 5.10 Å². The molecule has 24 heavy (non-hydrogen) atoms. The first-order valence-corrected chi connectivity index (χ1v) is 8.16. The van der Waals surface area contributed by atoms with Crippen molar-refractivity contribution in [3.8, 4) is 5.69 Å². The minimum Gasteiger partial charge on any atom is -0.481 e. The van der Waals surface area contributed by atoms with Crippen LogP contribution in [-0.4, -0.2) is 33.3 Å². The van der Waals surface area contributed by atoms with E-state index in [0.717, 1.165) is 41.8 Å². The van der Waals surface area contributed by atoms with Gasteiger partial charge in [0.1, 0.15) is 0 Å². The number of rotatable bonds is 5. The molecule has 1 aliphatic rings. The van der Waals surface area contributed by atoms with Gasteiger partial charge in [-0.25, -0.2) is 4.68 Å². The number of aryl methyl sites for hydroxylation is 1. The Kier molecular flexibility index (Phi) is 4.38. The summed E-state index contributed by atoms with van der Waals surface area (Å²) in [7, 11) is 0. The van der Waals surface area contributed by atoms with E-state index in [0.29, 0.717) is 5.69 Å². The van der Waals surface area contributed by atoms with Gasteiger partial charge in [0, 0.05) is 17.8 Å². The Labute approximate surface area is 140 Å². The molecule has 0 aliphatic heterocycles. The molecule has 0 spiro atoms. The number of nitrogens with one attached hydrogen (secondary N) is 1. The van der Waals surface area contributed by atoms with Crippen LogP contribution in [0.15, 0.2) is 24.3 Å². The molecular formula is C18H21N3O3. The van der Waals surface area contributed by atoms with Crippen LogP contribution in [0.5, 0.6) is 0 Å². The number of benzene rings is 1. The molecule has 126 valence electrons. The summed E-state index contributed by atoms with van der Waals surface area (Å²) in [5.41, 5.74) is 4.57. The van der Waals surface area contributed by atoms with Crippen molar-refractivity contribution in [1.29, 1.82) is 0 Å². The third-order valence-corrected chi connectivity index (χ3v) is 4.48. The number of nitrogens with zero attached hydrogens (tertiary/aromatic N) is 2. The fraction of sp³-hybridized carbons (Fsp3) is 0.389. The second kappa shape index (κ2) is 6.47. The van der Waals surface area contributed by atoms with Crippen LogP contribution in [0.1, 0.15) is 40.7 Å². The van der Waals surface area contributed by atoms with Gasteiger partial charge in [-0.1, -0.05) is 25.1 Å². The molecule has 1 aromatic carbocycles. The highest BCUT2D eigenvalue weighted by Crippen LogP contribution is 2.28. The number of aliphatic carboxylic acids is 1. The Morgan fingerprint density at radius 3 is 2.79 bits per heavy atom. The van der Waals surface area contributed by atoms with E-state index in [1.165, 1.54) is 0 Å². The Balaban J connectivity index is 1.91. The molecule has 0 radical (unpaired) electrons. The molecule has 0 saturated carbocycles. The average molecular weight is 327 g/mol. The molecule has 1 atom stereocenters. The zero-order valence-electron chi connectivity index (χ0n) is 13.9. The molecule has 6 heteroatoms. The second-order valence-electron chi connectivity index (χ2n) is 6.28. The highest BCUT2D eigenvalue weighted by atomic mass is 16.4. The maximum absolute atomic E-state index is 12.5. The molecule has 0 fully saturated rings. The van der Waals surface area contributed by atoms with Crippen molar-refractivity contribution in [3.05, 3.63) is 46.8 Å². The highest BCUT2D eigenvalue weighted by Gasteiger charge is 2.27. The number of carboxylic acid groups (broad SMARTS) is 1. The first-order chi connectivity index (χ1) is 11.5. The molecule has 1 aliphatic carbocycles. The van der Waals surface area contributed by atoms with Crippen molar-refractivity contribution in [2.24, 2.45) is 5.92 Å². The number of fused-ring (bicyclic) bond motifs is 1. The summed E-state index contributed by atoms with van der Waals surface area (Å²) >= 11 is 0. The van der Waals surface area contributed by atoms with Crippen LogP contribution in [-0.2, 0) is 17.6 Å². The van der Waals surface area contributed by atoms with Crippen molar-refractivity contribution in [2.45, 2.75) is 33.1 Å². The molecule has 1 amide bonds. The summed E-state index contributed by atoms with van der Waals surface area (Å²) in [4.78, 5) is 23.4. The number of carboxylic acids is 1. The van der Waals surface area contributed by atoms with E-state index in [2.05, 4.69) is 10.4 Å². The fourth-order valence-corrected chi connectivity index (χ4v) is 3.04. The molecule has 2 N–H and O–H groups in total. The van der Waals surface area contributed by atoms with Crippen molar-refractivity contribution in [3.63, 3.8) is 0 Å². The predicted molar refractivity (Wildman–Crippen MR) is 89.5 cm³/mol. The first-order valence-electron chi connectivity index (χ1n) is 8.16. The van der Waals surface area contributed by atoms with Crippen molar-refractivity contribution in [2.75, 3.05) is 6.54 Å². The maximum atomic E-state index is 12.5. The predicted octanol–water partition coefficient (Wildman–Crippen LogP) is 2.12. The molecule has 1 heterocycles. The summed E-state index contributed by atoms with van der Waals surface area (Å²) in [6.45, 7) is 3.69. The Morgan fingerprint density at radius 1 is 1.33 bits per heavy atom. The van der Waals surface area contributed by atoms with E-state index in [1.807, 2.05) is 35.9 Å². The minimum absolute atomic E-state index is 0.0974. The smallest absolute Gasteiger partial charge is 0.308 e. The number of aromatic nitrogens is 2. The summed E-state index contributed by atoms with van der Waals surface area (Å²) in [5, 5.41) is 16.2. The van der Waals surface area contributed by atoms with E-state index in [-0.39, 0.29) is 12.5 Å². The third kappa shape index (κ3) is 2.91. The minimum atomic E-state index is -0.925. The monoisotopic (exact) mass is 327 g/mol. The summed E-state index contributed by atoms with van der Waals surface area (Å²) < 4.78 is 1.87. The lowest BCUT2D eigenvalue weighted by atomic mass is 10.1. The number of hydrogen-bond donors (Lipinski definition) is 2. The van der Waals surface area contributed by atoms with E-state index >= 15 is 0 Å². The van der Waals surface area contributed by atoms with Gasteiger partial charge in [0.25, 0.3) is 5.91 Å². The van der Waals surface area contributed by atoms with Gasteiger partial charge >= 0.3 is 5.97 Å². The summed E-state index contributed by atoms with van der Waals surface area (Å²) in [5.74, 6) is -1.85. The van der Waals surface area contributed by atoms with Gasteiger partial charge in [-0.3, -0.25) is 9.59 Å². The SMILES string of the molecule is Cc1ccccc1-n1nc(C(=O)NCC(C)C(=O)O)c2c1CCC2. The molecule has 1 aromatic heterocycles. The number of amides is 1. The Bertz CT molecular complexity index is 795. The lowest BCUT2D eigenvalue weighted by Gasteiger charge is -2.09. The largest absolute Gasteiger partial charge is 0.481 e. The van der Waals surface area contributed by atoms with Crippen LogP contribution in [0.4, 0.5) is 0 Å². The van der Waals surface area contributed by atoms with E-state index in [1.54, 1.807) is 6.92 Å². The quantitative estimate of drug-likeness (QED) is 0.881. The number of hydrogen-bond acceptors (Lipinski definition) is 3. The van der Waals surface area contributed by atoms with Crippen LogP contribution >= 0.6 is 0 Å². The van der Waals surface area contributed by atoms with E-state index in [4.69, 9.17) is 5.11 Å². The molecule has 0 saturated heterocycles. The van der Waals surface area contributed by atoms with Gasteiger partial charge in [0.05, 0.1) is 11.6 Å². The molecule has 0 bridgehead atoms. The maximum Gasteiger partial charge on any atom is 0.308 e. The normalized spacial score (nSPS) is 14.2. The van der Waals surface area contributed by atoms with Crippen LogP contribution in [0.2, 0.25) is 0 Å². The first kappa shape index (κ1) is 16.2. The number of carbonyl (C=O) groups excluding carboxylic acids is 1. The Hall–Kier alpha value is -2.63. The number of carbonyl (C=O) groups is 2. The van der Waals surface area contributed by atoms with Gasteiger partial charge in [0.2, 0.25) is 0 Å².